The van der Waals surface area contributed by atoms with Crippen LogP contribution in [0.5, 0.6) is 0 Å². The lowest BCUT2D eigenvalue weighted by molar-refractivity contribution is 0.171. The molecule has 0 aromatic heterocycles. The van der Waals surface area contributed by atoms with Gasteiger partial charge in [0.1, 0.15) is 0 Å². The molecule has 1 heterocycles. The van der Waals surface area contributed by atoms with Crippen molar-refractivity contribution >= 4 is 6.03 Å². The summed E-state index contributed by atoms with van der Waals surface area (Å²) in [5.41, 5.74) is 0. The minimum absolute atomic E-state index is 0.0953. The van der Waals surface area contributed by atoms with Crippen LogP contribution < -0.4 is 0 Å². The van der Waals surface area contributed by atoms with E-state index in [-0.39, 0.29) is 6.03 Å². The Morgan fingerprint density at radius 1 is 1.54 bits per heavy atom. The summed E-state index contributed by atoms with van der Waals surface area (Å²) in [6.45, 7) is 4.84. The molecule has 0 aromatic carbocycles. The number of hydrogen-bond acceptors (Lipinski definition) is 1. The molecular weight excluding hydrogens is 164 g/mol. The number of urea groups is 1. The molecule has 0 aromatic rings. The monoisotopic (exact) mass is 180 g/mol. The molecule has 1 rings (SSSR count). The second kappa shape index (κ2) is 4.76. The number of amides is 2. The third kappa shape index (κ3) is 2.38. The fourth-order valence-corrected chi connectivity index (χ4v) is 1.53. The Labute approximate surface area is 79.7 Å². The van der Waals surface area contributed by atoms with Crippen molar-refractivity contribution in [1.82, 2.24) is 9.80 Å². The van der Waals surface area contributed by atoms with Crippen LogP contribution in [0.1, 0.15) is 19.8 Å². The Hall–Kier alpha value is -1.17. The lowest BCUT2D eigenvalue weighted by Crippen LogP contribution is -2.41. The Morgan fingerprint density at radius 3 is 2.62 bits per heavy atom. The summed E-state index contributed by atoms with van der Waals surface area (Å²) in [5.74, 6) is 2.50. The highest BCUT2D eigenvalue weighted by atomic mass is 16.2. The lowest BCUT2D eigenvalue weighted by atomic mass is 10.4. The van der Waals surface area contributed by atoms with Gasteiger partial charge in [-0.1, -0.05) is 5.92 Å². The van der Waals surface area contributed by atoms with Gasteiger partial charge in [-0.05, 0) is 19.8 Å². The lowest BCUT2D eigenvalue weighted by Gasteiger charge is -2.24. The van der Waals surface area contributed by atoms with E-state index in [0.717, 1.165) is 25.9 Å². The standard InChI is InChI=1S/C10H16N2O/c1-3-7-11(4-2)10(13)12-8-5-6-9-12/h1H,4-9H2,2H3. The second-order valence-corrected chi connectivity index (χ2v) is 3.20. The predicted molar refractivity (Wildman–Crippen MR) is 52.3 cm³/mol. The van der Waals surface area contributed by atoms with Crippen LogP contribution >= 0.6 is 0 Å². The fraction of sp³-hybridized carbons (Fsp3) is 0.700. The Bertz CT molecular complexity index is 213. The second-order valence-electron chi connectivity index (χ2n) is 3.20. The fourth-order valence-electron chi connectivity index (χ4n) is 1.53. The SMILES string of the molecule is C#CCN(CC)C(=O)N1CCCC1. The number of carbonyl (C=O) groups excluding carboxylic acids is 1. The van der Waals surface area contributed by atoms with E-state index in [1.807, 2.05) is 11.8 Å². The number of terminal acetylenes is 1. The van der Waals surface area contributed by atoms with Crippen molar-refractivity contribution in [2.45, 2.75) is 19.8 Å². The molecule has 13 heavy (non-hydrogen) atoms. The molecule has 72 valence electrons. The van der Waals surface area contributed by atoms with E-state index in [1.165, 1.54) is 0 Å². The van der Waals surface area contributed by atoms with Crippen molar-refractivity contribution in [3.63, 3.8) is 0 Å². The summed E-state index contributed by atoms with van der Waals surface area (Å²) in [7, 11) is 0. The molecular formula is C10H16N2O. The third-order valence-corrected chi connectivity index (χ3v) is 2.31. The maximum absolute atomic E-state index is 11.7. The molecule has 1 fully saturated rings. The summed E-state index contributed by atoms with van der Waals surface area (Å²) in [6.07, 6.45) is 7.43. The number of likely N-dealkylation sites (tertiary alicyclic amines) is 1. The number of nitrogens with zero attached hydrogens (tertiary/aromatic N) is 2. The maximum atomic E-state index is 11.7. The smallest absolute Gasteiger partial charge is 0.320 e. The van der Waals surface area contributed by atoms with Crippen molar-refractivity contribution in [2.75, 3.05) is 26.2 Å². The third-order valence-electron chi connectivity index (χ3n) is 2.31. The van der Waals surface area contributed by atoms with Crippen molar-refractivity contribution in [2.24, 2.45) is 0 Å². The molecule has 3 heteroatoms. The van der Waals surface area contributed by atoms with Crippen LogP contribution in [0.3, 0.4) is 0 Å². The summed E-state index contributed by atoms with van der Waals surface area (Å²) >= 11 is 0. The van der Waals surface area contributed by atoms with E-state index >= 15 is 0 Å². The summed E-state index contributed by atoms with van der Waals surface area (Å²) in [6, 6.07) is 0.0953. The van der Waals surface area contributed by atoms with Gasteiger partial charge in [0.15, 0.2) is 0 Å². The van der Waals surface area contributed by atoms with Gasteiger partial charge in [0.05, 0.1) is 6.54 Å². The van der Waals surface area contributed by atoms with Crippen LogP contribution in [0.15, 0.2) is 0 Å². The Balaban J connectivity index is 2.48. The summed E-state index contributed by atoms with van der Waals surface area (Å²) in [5, 5.41) is 0. The van der Waals surface area contributed by atoms with E-state index in [9.17, 15) is 4.79 Å². The average molecular weight is 180 g/mol. The van der Waals surface area contributed by atoms with Gasteiger partial charge in [0.2, 0.25) is 0 Å². The highest BCUT2D eigenvalue weighted by molar-refractivity contribution is 5.74. The quantitative estimate of drug-likeness (QED) is 0.585. The highest BCUT2D eigenvalue weighted by Crippen LogP contribution is 2.10. The summed E-state index contributed by atoms with van der Waals surface area (Å²) in [4.78, 5) is 15.3. The van der Waals surface area contributed by atoms with Crippen molar-refractivity contribution < 1.29 is 4.79 Å². The zero-order chi connectivity index (χ0) is 9.68. The van der Waals surface area contributed by atoms with Crippen molar-refractivity contribution in [1.29, 1.82) is 0 Å². The normalized spacial score (nSPS) is 15.5. The molecule has 0 unspecified atom stereocenters. The first-order valence-electron chi connectivity index (χ1n) is 4.77. The van der Waals surface area contributed by atoms with E-state index in [2.05, 4.69) is 5.92 Å². The highest BCUT2D eigenvalue weighted by Gasteiger charge is 2.21. The predicted octanol–water partition coefficient (Wildman–Crippen LogP) is 1.16. The average Bonchev–Trinajstić information content (AvgIpc) is 2.65. The minimum atomic E-state index is 0.0953. The van der Waals surface area contributed by atoms with Gasteiger partial charge in [-0.2, -0.15) is 0 Å². The molecule has 0 N–H and O–H groups in total. The first-order valence-corrected chi connectivity index (χ1v) is 4.77. The number of carbonyl (C=O) groups is 1. The van der Waals surface area contributed by atoms with Gasteiger partial charge < -0.3 is 9.80 Å². The molecule has 3 nitrogen and oxygen atoms in total. The van der Waals surface area contributed by atoms with E-state index in [1.54, 1.807) is 4.90 Å². The summed E-state index contributed by atoms with van der Waals surface area (Å²) < 4.78 is 0. The Kier molecular flexibility index (Phi) is 3.63. The van der Waals surface area contributed by atoms with E-state index < -0.39 is 0 Å². The molecule has 1 saturated heterocycles. The topological polar surface area (TPSA) is 23.6 Å². The molecule has 2 amide bonds. The molecule has 0 bridgehead atoms. The maximum Gasteiger partial charge on any atom is 0.320 e. The number of rotatable bonds is 2. The van der Waals surface area contributed by atoms with Gasteiger partial charge in [-0.25, -0.2) is 4.79 Å². The van der Waals surface area contributed by atoms with Crippen LogP contribution in [0.25, 0.3) is 0 Å². The van der Waals surface area contributed by atoms with Gasteiger partial charge in [0.25, 0.3) is 0 Å². The zero-order valence-electron chi connectivity index (χ0n) is 8.12. The van der Waals surface area contributed by atoms with Gasteiger partial charge in [-0.3, -0.25) is 0 Å². The molecule has 0 radical (unpaired) electrons. The first-order chi connectivity index (χ1) is 6.29. The largest absolute Gasteiger partial charge is 0.325 e. The molecule has 0 aliphatic carbocycles. The van der Waals surface area contributed by atoms with Gasteiger partial charge in [0, 0.05) is 19.6 Å². The molecule has 0 saturated carbocycles. The molecule has 0 atom stereocenters. The van der Waals surface area contributed by atoms with Crippen LogP contribution in [0.2, 0.25) is 0 Å². The Morgan fingerprint density at radius 2 is 2.15 bits per heavy atom. The van der Waals surface area contributed by atoms with Crippen molar-refractivity contribution in [3.05, 3.63) is 0 Å². The molecule has 1 aliphatic heterocycles. The molecule has 0 spiro atoms. The number of hydrogen-bond donors (Lipinski definition) is 0. The van der Waals surface area contributed by atoms with Gasteiger partial charge in [-0.15, -0.1) is 6.42 Å². The van der Waals surface area contributed by atoms with Crippen LogP contribution in [0, 0.1) is 12.3 Å². The van der Waals surface area contributed by atoms with E-state index in [4.69, 9.17) is 6.42 Å². The van der Waals surface area contributed by atoms with Crippen LogP contribution in [-0.4, -0.2) is 42.0 Å². The van der Waals surface area contributed by atoms with Crippen molar-refractivity contribution in [3.8, 4) is 12.3 Å². The first kappa shape index (κ1) is 9.91. The van der Waals surface area contributed by atoms with Crippen LogP contribution in [-0.2, 0) is 0 Å². The van der Waals surface area contributed by atoms with Gasteiger partial charge >= 0.3 is 6.03 Å². The van der Waals surface area contributed by atoms with E-state index in [0.29, 0.717) is 13.1 Å². The molecule has 1 aliphatic rings. The zero-order valence-corrected chi connectivity index (χ0v) is 8.12. The minimum Gasteiger partial charge on any atom is -0.325 e. The van der Waals surface area contributed by atoms with Crippen LogP contribution in [0.4, 0.5) is 4.79 Å².